The van der Waals surface area contributed by atoms with Crippen molar-refractivity contribution in [3.63, 3.8) is 0 Å². The van der Waals surface area contributed by atoms with Gasteiger partial charge in [0.25, 0.3) is 0 Å². The van der Waals surface area contributed by atoms with E-state index in [2.05, 4.69) is 141 Å². The Bertz CT molecular complexity index is 2390. The normalized spacial score (nSPS) is 12.0. The molecular formula is C36H25N5. The molecule has 0 unspecified atom stereocenters. The van der Waals surface area contributed by atoms with Crippen molar-refractivity contribution in [3.8, 4) is 11.4 Å². The fourth-order valence-corrected chi connectivity index (χ4v) is 6.56. The summed E-state index contributed by atoms with van der Waals surface area (Å²) in [5, 5.41) is 6.21. The van der Waals surface area contributed by atoms with Crippen molar-refractivity contribution in [2.24, 2.45) is 7.05 Å². The maximum atomic E-state index is 3.30. The Labute approximate surface area is 235 Å². The number of aryl methyl sites for hydroxylation is 1. The molecule has 0 N–H and O–H groups in total. The Morgan fingerprint density at radius 3 is 1.66 bits per heavy atom. The predicted molar refractivity (Wildman–Crippen MR) is 166 cm³/mol. The molecule has 4 aromatic heterocycles. The van der Waals surface area contributed by atoms with Gasteiger partial charge in [0.2, 0.25) is 0 Å². The second-order valence-electron chi connectivity index (χ2n) is 10.6. The van der Waals surface area contributed by atoms with Crippen LogP contribution in [0.4, 0.5) is 0 Å². The Morgan fingerprint density at radius 1 is 0.512 bits per heavy atom. The second kappa shape index (κ2) is 8.23. The largest absolute Gasteiger partial charge is 0.309 e. The van der Waals surface area contributed by atoms with Gasteiger partial charge in [-0.05, 0) is 48.5 Å². The smallest absolute Gasteiger partial charge is 0.115 e. The molecule has 5 nitrogen and oxygen atoms in total. The summed E-state index contributed by atoms with van der Waals surface area (Å²) in [6, 6.07) is 43.8. The van der Waals surface area contributed by atoms with Crippen LogP contribution in [0.1, 0.15) is 0 Å². The van der Waals surface area contributed by atoms with Gasteiger partial charge in [-0.2, -0.15) is 0 Å². The molecule has 9 rings (SSSR count). The van der Waals surface area contributed by atoms with Gasteiger partial charge in [-0.15, -0.1) is 10.7 Å². The predicted octanol–water partition coefficient (Wildman–Crippen LogP) is 7.57. The number of fused-ring (bicyclic) bond motifs is 7. The lowest BCUT2D eigenvalue weighted by Gasteiger charge is -2.12. The average molecular weight is 528 g/mol. The van der Waals surface area contributed by atoms with E-state index in [0.29, 0.717) is 0 Å². The minimum absolute atomic E-state index is 1.12. The van der Waals surface area contributed by atoms with Crippen LogP contribution in [0.5, 0.6) is 0 Å². The summed E-state index contributed by atoms with van der Waals surface area (Å²) in [5.74, 6) is 0. The highest BCUT2D eigenvalue weighted by Gasteiger charge is 2.17. The van der Waals surface area contributed by atoms with Crippen LogP contribution in [0.25, 0.3) is 65.9 Å². The molecule has 9 aromatic rings. The van der Waals surface area contributed by atoms with Crippen molar-refractivity contribution >= 4 is 54.5 Å². The van der Waals surface area contributed by atoms with Crippen molar-refractivity contribution in [3.05, 3.63) is 140 Å². The van der Waals surface area contributed by atoms with E-state index in [4.69, 9.17) is 0 Å². The molecule has 5 aromatic carbocycles. The van der Waals surface area contributed by atoms with E-state index in [9.17, 15) is 0 Å². The molecular weight excluding hydrogens is 502 g/mol. The number of nitrogens with zero attached hydrogens (tertiary/aromatic N) is 5. The summed E-state index contributed by atoms with van der Waals surface area (Å²) >= 11 is 0. The van der Waals surface area contributed by atoms with Crippen LogP contribution < -0.4 is 4.79 Å². The van der Waals surface area contributed by atoms with E-state index < -0.39 is 0 Å². The number of hydrogen-bond acceptors (Lipinski definition) is 0. The molecule has 0 saturated heterocycles. The fourth-order valence-electron chi connectivity index (χ4n) is 6.56. The average Bonchev–Trinajstić information content (AvgIpc) is 3.78. The van der Waals surface area contributed by atoms with E-state index in [1.165, 1.54) is 49.0 Å². The van der Waals surface area contributed by atoms with Crippen LogP contribution in [0.15, 0.2) is 134 Å². The summed E-state index contributed by atoms with van der Waals surface area (Å²) in [4.78, 5) is 1.98. The molecule has 0 aliphatic rings. The minimum atomic E-state index is 1.12. The molecule has 0 radical (unpaired) electrons. The van der Waals surface area contributed by atoms with Crippen LogP contribution in [-0.2, 0) is 7.05 Å². The number of benzene rings is 5. The maximum absolute atomic E-state index is 3.30. The van der Waals surface area contributed by atoms with E-state index in [0.717, 1.165) is 16.9 Å². The lowest BCUT2D eigenvalue weighted by Crippen LogP contribution is -2.47. The summed E-state index contributed by atoms with van der Waals surface area (Å²) in [6.07, 6.45) is 7.39. The summed E-state index contributed by atoms with van der Waals surface area (Å²) in [7, 11) is 2.02. The van der Waals surface area contributed by atoms with Gasteiger partial charge in [0, 0.05) is 45.4 Å². The third kappa shape index (κ3) is 3.08. The van der Waals surface area contributed by atoms with Gasteiger partial charge in [-0.3, -0.25) is 0 Å². The Hall–Kier alpha value is -5.55. The molecule has 0 atom stereocenters. The first-order valence-electron chi connectivity index (χ1n) is 13.9. The summed E-state index contributed by atoms with van der Waals surface area (Å²) < 4.78 is 8.95. The van der Waals surface area contributed by atoms with E-state index in [1.807, 2.05) is 28.8 Å². The van der Waals surface area contributed by atoms with Crippen molar-refractivity contribution in [1.29, 1.82) is 0 Å². The molecule has 0 saturated carbocycles. The molecule has 0 spiro atoms. The van der Waals surface area contributed by atoms with Gasteiger partial charge in [-0.1, -0.05) is 77.7 Å². The van der Waals surface area contributed by atoms with Gasteiger partial charge >= 0.3 is 0 Å². The molecule has 0 amide bonds. The Balaban J connectivity index is 1.35. The van der Waals surface area contributed by atoms with Crippen LogP contribution in [0.2, 0.25) is 0 Å². The topological polar surface area (TPSA) is 23.6 Å². The third-order valence-corrected chi connectivity index (χ3v) is 8.39. The summed E-state index contributed by atoms with van der Waals surface area (Å²) in [5.41, 5.74) is 8.19. The maximum Gasteiger partial charge on any atom is 0.115 e. The van der Waals surface area contributed by atoms with Crippen LogP contribution >= 0.6 is 0 Å². The molecule has 41 heavy (non-hydrogen) atoms. The second-order valence-corrected chi connectivity index (χ2v) is 10.6. The lowest BCUT2D eigenvalue weighted by molar-refractivity contribution is -0.801. The number of aromatic nitrogens is 5. The monoisotopic (exact) mass is 527 g/mol. The fraction of sp³-hybridized carbons (Fsp3) is 0.0278. The number of para-hydroxylation sites is 3. The quantitative estimate of drug-likeness (QED) is 0.167. The van der Waals surface area contributed by atoms with Crippen LogP contribution in [0, 0.1) is 6.20 Å². The van der Waals surface area contributed by atoms with Gasteiger partial charge in [0.15, 0.2) is 0 Å². The number of hydrogen-bond donors (Lipinski definition) is 0. The molecule has 0 bridgehead atoms. The minimum Gasteiger partial charge on any atom is -0.309 e. The zero-order chi connectivity index (χ0) is 27.1. The first kappa shape index (κ1) is 22.3. The highest BCUT2D eigenvalue weighted by Crippen LogP contribution is 2.37. The van der Waals surface area contributed by atoms with Crippen molar-refractivity contribution < 1.29 is 4.79 Å². The SMILES string of the molecule is Cn1cc[c-][n+]1-n1ccc2ccc(-n3c4ccccc4c4ccc(-n5c6ccccc6c6ccccc65)cc43)cc21. The summed E-state index contributed by atoms with van der Waals surface area (Å²) in [6.45, 7) is 0. The highest BCUT2D eigenvalue weighted by atomic mass is 15.6. The number of rotatable bonds is 3. The van der Waals surface area contributed by atoms with Gasteiger partial charge in [0.1, 0.15) is 11.7 Å². The molecule has 0 aliphatic carbocycles. The van der Waals surface area contributed by atoms with E-state index in [1.54, 1.807) is 0 Å². The van der Waals surface area contributed by atoms with Crippen molar-refractivity contribution in [1.82, 2.24) is 18.5 Å². The Morgan fingerprint density at radius 2 is 1.05 bits per heavy atom. The zero-order valence-corrected chi connectivity index (χ0v) is 22.4. The zero-order valence-electron chi connectivity index (χ0n) is 22.4. The Kier molecular flexibility index (Phi) is 4.47. The molecule has 4 heterocycles. The van der Waals surface area contributed by atoms with Gasteiger partial charge in [-0.25, -0.2) is 4.68 Å². The van der Waals surface area contributed by atoms with Gasteiger partial charge < -0.3 is 9.13 Å². The highest BCUT2D eigenvalue weighted by molar-refractivity contribution is 6.12. The van der Waals surface area contributed by atoms with Crippen molar-refractivity contribution in [2.45, 2.75) is 0 Å². The van der Waals surface area contributed by atoms with Gasteiger partial charge in [0.05, 0.1) is 28.3 Å². The van der Waals surface area contributed by atoms with Crippen LogP contribution in [0.3, 0.4) is 0 Å². The first-order chi connectivity index (χ1) is 20.3. The molecule has 5 heteroatoms. The third-order valence-electron chi connectivity index (χ3n) is 8.39. The van der Waals surface area contributed by atoms with E-state index >= 15 is 0 Å². The molecule has 0 fully saturated rings. The van der Waals surface area contributed by atoms with E-state index in [-0.39, 0.29) is 0 Å². The standard InChI is InChI=1S/C36H25N5/c1-37-20-8-21-39(37)38-22-19-25-15-16-26(23-35(25)38)41-34-14-7-4-11-30(34)31-18-17-27(24-36(31)41)40-32-12-5-2-9-28(32)29-10-3-6-13-33(29)40/h2-20,22-24H,1H3. The lowest BCUT2D eigenvalue weighted by atomic mass is 10.1. The molecule has 194 valence electrons. The van der Waals surface area contributed by atoms with Crippen LogP contribution in [-0.4, -0.2) is 18.5 Å². The first-order valence-corrected chi connectivity index (χ1v) is 13.9. The van der Waals surface area contributed by atoms with Crippen molar-refractivity contribution in [2.75, 3.05) is 0 Å². The molecule has 0 aliphatic heterocycles.